The molecular formula is C31H40N8O. The van der Waals surface area contributed by atoms with E-state index in [4.69, 9.17) is 4.74 Å². The molecule has 0 atom stereocenters. The fraction of sp³-hybridized carbons (Fsp3) is 0.452. The van der Waals surface area contributed by atoms with Crippen molar-refractivity contribution in [3.8, 4) is 5.75 Å². The summed E-state index contributed by atoms with van der Waals surface area (Å²) in [7, 11) is 0. The zero-order chi connectivity index (χ0) is 27.3. The second kappa shape index (κ2) is 12.1. The summed E-state index contributed by atoms with van der Waals surface area (Å²) in [5.41, 5.74) is 6.67. The molecule has 2 aromatic carbocycles. The molecule has 210 valence electrons. The van der Waals surface area contributed by atoms with Crippen molar-refractivity contribution in [2.75, 3.05) is 67.5 Å². The molecule has 2 fully saturated rings. The lowest BCUT2D eigenvalue weighted by atomic mass is 10.1. The summed E-state index contributed by atoms with van der Waals surface area (Å²) in [5, 5.41) is 12.3. The van der Waals surface area contributed by atoms with Gasteiger partial charge in [0.25, 0.3) is 0 Å². The number of H-pyrrole nitrogens is 1. The van der Waals surface area contributed by atoms with Crippen LogP contribution in [0.1, 0.15) is 36.6 Å². The van der Waals surface area contributed by atoms with Crippen LogP contribution in [0.15, 0.2) is 48.8 Å². The fourth-order valence-electron chi connectivity index (χ4n) is 5.92. The second-order valence-electron chi connectivity index (χ2n) is 10.8. The van der Waals surface area contributed by atoms with Gasteiger partial charge in [0.1, 0.15) is 24.5 Å². The number of hydrogen-bond donors (Lipinski definition) is 2. The van der Waals surface area contributed by atoms with Gasteiger partial charge in [-0.05, 0) is 50.4 Å². The molecule has 4 aromatic rings. The van der Waals surface area contributed by atoms with Crippen molar-refractivity contribution in [1.29, 1.82) is 0 Å². The molecule has 0 unspecified atom stereocenters. The van der Waals surface area contributed by atoms with Crippen LogP contribution in [0.4, 0.5) is 17.2 Å². The molecule has 0 radical (unpaired) electrons. The highest BCUT2D eigenvalue weighted by molar-refractivity contribution is 5.89. The van der Waals surface area contributed by atoms with Gasteiger partial charge in [-0.2, -0.15) is 5.10 Å². The van der Waals surface area contributed by atoms with Crippen molar-refractivity contribution in [2.24, 2.45) is 0 Å². The van der Waals surface area contributed by atoms with Crippen LogP contribution in [-0.2, 0) is 13.0 Å². The monoisotopic (exact) mass is 540 g/mol. The zero-order valence-electron chi connectivity index (χ0n) is 23.7. The number of aromatic amines is 1. The first kappa shape index (κ1) is 26.4. The van der Waals surface area contributed by atoms with Crippen molar-refractivity contribution < 1.29 is 4.74 Å². The number of fused-ring (bicyclic) bond motifs is 1. The molecule has 40 heavy (non-hydrogen) atoms. The molecule has 2 aliphatic rings. The number of aromatic nitrogens is 4. The van der Waals surface area contributed by atoms with E-state index in [0.717, 1.165) is 79.7 Å². The minimum absolute atomic E-state index is 0.554. The molecule has 2 saturated heterocycles. The van der Waals surface area contributed by atoms with Gasteiger partial charge >= 0.3 is 0 Å². The standard InChI is InChI=1S/C31H40N8O/c1-3-26-29-30(36-35-26)33-22-34-31(29)39-17-15-38(16-18-39)28-20-25(40-21-24-9-5-4-6-10-24)19-27(23(28)2)32-11-14-37-12-7-8-13-37/h4-6,9-10,19-20,22,32H,3,7-8,11-18,21H2,1-2H3,(H,33,34,35,36). The number of likely N-dealkylation sites (tertiary alicyclic amines) is 1. The average molecular weight is 541 g/mol. The lowest BCUT2D eigenvalue weighted by molar-refractivity contribution is 0.306. The predicted molar refractivity (Wildman–Crippen MR) is 162 cm³/mol. The molecule has 6 rings (SSSR count). The van der Waals surface area contributed by atoms with Gasteiger partial charge in [-0.25, -0.2) is 9.97 Å². The summed E-state index contributed by atoms with van der Waals surface area (Å²) in [6, 6.07) is 14.8. The fourth-order valence-corrected chi connectivity index (χ4v) is 5.92. The maximum atomic E-state index is 6.34. The molecule has 4 heterocycles. The van der Waals surface area contributed by atoms with E-state index in [2.05, 4.69) is 90.4 Å². The summed E-state index contributed by atoms with van der Waals surface area (Å²) in [5.74, 6) is 1.88. The molecule has 0 amide bonds. The van der Waals surface area contributed by atoms with E-state index in [1.54, 1.807) is 6.33 Å². The maximum absolute atomic E-state index is 6.34. The molecule has 9 heteroatoms. The first-order chi connectivity index (χ1) is 19.7. The van der Waals surface area contributed by atoms with Crippen molar-refractivity contribution in [3.63, 3.8) is 0 Å². The zero-order valence-corrected chi connectivity index (χ0v) is 23.7. The Bertz CT molecular complexity index is 1410. The summed E-state index contributed by atoms with van der Waals surface area (Å²) in [6.07, 6.45) is 5.13. The number of nitrogens with zero attached hydrogens (tertiary/aromatic N) is 6. The number of rotatable bonds is 10. The van der Waals surface area contributed by atoms with E-state index in [0.29, 0.717) is 6.61 Å². The molecule has 0 spiro atoms. The lowest BCUT2D eigenvalue weighted by Gasteiger charge is -2.38. The number of piperazine rings is 1. The Morgan fingerprint density at radius 3 is 2.50 bits per heavy atom. The molecule has 2 aliphatic heterocycles. The van der Waals surface area contributed by atoms with Gasteiger partial charge in [-0.1, -0.05) is 37.3 Å². The minimum atomic E-state index is 0.554. The van der Waals surface area contributed by atoms with Crippen molar-refractivity contribution >= 4 is 28.2 Å². The van der Waals surface area contributed by atoms with Gasteiger partial charge in [0.15, 0.2) is 5.65 Å². The van der Waals surface area contributed by atoms with Gasteiger partial charge < -0.3 is 24.8 Å². The third kappa shape index (κ3) is 5.70. The Labute approximate surface area is 236 Å². The molecule has 0 bridgehead atoms. The SMILES string of the molecule is CCc1n[nH]c2ncnc(N3CCN(c4cc(OCc5ccccc5)cc(NCCN5CCCC5)c4C)CC3)c12. The highest BCUT2D eigenvalue weighted by atomic mass is 16.5. The first-order valence-electron chi connectivity index (χ1n) is 14.6. The molecular weight excluding hydrogens is 500 g/mol. The van der Waals surface area contributed by atoms with Gasteiger partial charge in [-0.15, -0.1) is 0 Å². The summed E-state index contributed by atoms with van der Waals surface area (Å²) in [6.45, 7) is 12.9. The first-order valence-corrected chi connectivity index (χ1v) is 14.6. The van der Waals surface area contributed by atoms with E-state index in [1.165, 1.54) is 42.7 Å². The van der Waals surface area contributed by atoms with Crippen LogP contribution in [0, 0.1) is 6.92 Å². The van der Waals surface area contributed by atoms with Crippen molar-refractivity contribution in [2.45, 2.75) is 39.7 Å². The van der Waals surface area contributed by atoms with E-state index in [-0.39, 0.29) is 0 Å². The van der Waals surface area contributed by atoms with Crippen molar-refractivity contribution in [1.82, 2.24) is 25.1 Å². The van der Waals surface area contributed by atoms with Crippen LogP contribution in [-0.4, -0.2) is 77.4 Å². The van der Waals surface area contributed by atoms with Crippen molar-refractivity contribution in [3.05, 3.63) is 65.6 Å². The summed E-state index contributed by atoms with van der Waals surface area (Å²) >= 11 is 0. The van der Waals surface area contributed by atoms with E-state index in [1.807, 2.05) is 6.07 Å². The molecule has 2 N–H and O–H groups in total. The number of nitrogens with one attached hydrogen (secondary N) is 2. The normalized spacial score (nSPS) is 16.1. The minimum Gasteiger partial charge on any atom is -0.489 e. The van der Waals surface area contributed by atoms with Crippen LogP contribution in [0.5, 0.6) is 5.75 Å². The Balaban J connectivity index is 1.20. The van der Waals surface area contributed by atoms with Gasteiger partial charge in [0, 0.05) is 62.8 Å². The molecule has 2 aromatic heterocycles. The van der Waals surface area contributed by atoms with Gasteiger partial charge in [0.05, 0.1) is 11.1 Å². The van der Waals surface area contributed by atoms with Gasteiger partial charge in [0.2, 0.25) is 0 Å². The second-order valence-corrected chi connectivity index (χ2v) is 10.8. The Kier molecular flexibility index (Phi) is 7.99. The Hall–Kier alpha value is -3.85. The number of hydrogen-bond acceptors (Lipinski definition) is 8. The molecule has 9 nitrogen and oxygen atoms in total. The number of anilines is 3. The highest BCUT2D eigenvalue weighted by Crippen LogP contribution is 2.35. The molecule has 0 aliphatic carbocycles. The third-order valence-electron chi connectivity index (χ3n) is 8.21. The van der Waals surface area contributed by atoms with Crippen LogP contribution in [0.3, 0.4) is 0 Å². The number of ether oxygens (including phenoxy) is 1. The number of benzene rings is 2. The topological polar surface area (TPSA) is 85.4 Å². The van der Waals surface area contributed by atoms with Crippen LogP contribution in [0.2, 0.25) is 0 Å². The van der Waals surface area contributed by atoms with E-state index >= 15 is 0 Å². The predicted octanol–water partition coefficient (Wildman–Crippen LogP) is 4.64. The van der Waals surface area contributed by atoms with E-state index in [9.17, 15) is 0 Å². The quantitative estimate of drug-likeness (QED) is 0.301. The van der Waals surface area contributed by atoms with Crippen LogP contribution < -0.4 is 19.9 Å². The Morgan fingerprint density at radius 1 is 0.950 bits per heavy atom. The third-order valence-corrected chi connectivity index (χ3v) is 8.21. The average Bonchev–Trinajstić information content (AvgIpc) is 3.68. The van der Waals surface area contributed by atoms with Gasteiger partial charge in [-0.3, -0.25) is 5.10 Å². The molecule has 0 saturated carbocycles. The number of aryl methyl sites for hydroxylation is 1. The maximum Gasteiger partial charge on any atom is 0.160 e. The highest BCUT2D eigenvalue weighted by Gasteiger charge is 2.24. The van der Waals surface area contributed by atoms with Crippen LogP contribution in [0.25, 0.3) is 11.0 Å². The summed E-state index contributed by atoms with van der Waals surface area (Å²) in [4.78, 5) is 16.5. The van der Waals surface area contributed by atoms with Crippen LogP contribution >= 0.6 is 0 Å². The smallest absolute Gasteiger partial charge is 0.160 e. The summed E-state index contributed by atoms with van der Waals surface area (Å²) < 4.78 is 6.34. The van der Waals surface area contributed by atoms with E-state index < -0.39 is 0 Å². The largest absolute Gasteiger partial charge is 0.489 e. The lowest BCUT2D eigenvalue weighted by Crippen LogP contribution is -2.47. The Morgan fingerprint density at radius 2 is 1.73 bits per heavy atom.